The molecule has 2 unspecified atom stereocenters. The summed E-state index contributed by atoms with van der Waals surface area (Å²) in [6.07, 6.45) is 1.57. The molecular formula is C23H21N3O2. The Bertz CT molecular complexity index is 919. The zero-order valence-corrected chi connectivity index (χ0v) is 15.6. The largest absolute Gasteiger partial charge is 0.382 e. The van der Waals surface area contributed by atoms with Gasteiger partial charge < -0.3 is 9.74 Å². The molecule has 0 N–H and O–H groups in total. The molecule has 2 heterocycles. The number of likely N-dealkylation sites (N-methyl/N-ethyl adjacent to an activating group) is 1. The minimum atomic E-state index is -0.630. The summed E-state index contributed by atoms with van der Waals surface area (Å²) >= 11 is 0. The number of benzene rings is 2. The van der Waals surface area contributed by atoms with Crippen molar-refractivity contribution in [3.63, 3.8) is 0 Å². The summed E-state index contributed by atoms with van der Waals surface area (Å²) in [6.45, 7) is 0. The van der Waals surface area contributed by atoms with E-state index in [1.165, 1.54) is 0 Å². The molecule has 0 saturated heterocycles. The first kappa shape index (κ1) is 17.9. The van der Waals surface area contributed by atoms with Gasteiger partial charge in [0, 0.05) is 19.7 Å². The summed E-state index contributed by atoms with van der Waals surface area (Å²) in [5, 5.41) is 4.15. The van der Waals surface area contributed by atoms with Gasteiger partial charge in [0.2, 0.25) is 6.10 Å². The van der Waals surface area contributed by atoms with Gasteiger partial charge in [0.15, 0.2) is 0 Å². The summed E-state index contributed by atoms with van der Waals surface area (Å²) < 4.78 is 0. The second-order valence-corrected chi connectivity index (χ2v) is 6.72. The highest BCUT2D eigenvalue weighted by atomic mass is 16.6. The van der Waals surface area contributed by atoms with Gasteiger partial charge in [-0.3, -0.25) is 9.78 Å². The quantitative estimate of drug-likeness (QED) is 0.685. The third kappa shape index (κ3) is 3.64. The summed E-state index contributed by atoms with van der Waals surface area (Å²) in [6, 6.07) is 25.1. The molecule has 0 saturated carbocycles. The van der Waals surface area contributed by atoms with Crippen molar-refractivity contribution in [3.05, 3.63) is 102 Å². The van der Waals surface area contributed by atoms with Crippen LogP contribution in [0.2, 0.25) is 0 Å². The lowest BCUT2D eigenvalue weighted by Gasteiger charge is -2.29. The van der Waals surface area contributed by atoms with Crippen molar-refractivity contribution in [3.8, 4) is 0 Å². The molecule has 1 aromatic heterocycles. The molecule has 4 rings (SSSR count). The van der Waals surface area contributed by atoms with E-state index in [0.29, 0.717) is 6.42 Å². The lowest BCUT2D eigenvalue weighted by Crippen LogP contribution is -2.39. The Hall–Kier alpha value is -3.47. The van der Waals surface area contributed by atoms with Gasteiger partial charge in [0.1, 0.15) is 0 Å². The number of carbonyl (C=O) groups is 1. The summed E-state index contributed by atoms with van der Waals surface area (Å²) in [7, 11) is 1.79. The number of nitrogens with zero attached hydrogens (tertiary/aromatic N) is 3. The van der Waals surface area contributed by atoms with Gasteiger partial charge in [-0.25, -0.2) is 0 Å². The first-order valence-corrected chi connectivity index (χ1v) is 9.24. The smallest absolute Gasteiger partial charge is 0.267 e. The maximum absolute atomic E-state index is 13.2. The van der Waals surface area contributed by atoms with Crippen molar-refractivity contribution in [2.45, 2.75) is 18.6 Å². The Kier molecular flexibility index (Phi) is 5.15. The zero-order valence-electron chi connectivity index (χ0n) is 15.6. The normalized spacial score (nSPS) is 16.8. The molecular weight excluding hydrogens is 350 g/mol. The van der Waals surface area contributed by atoms with E-state index in [-0.39, 0.29) is 11.9 Å². The molecule has 1 aliphatic rings. The minimum Gasteiger partial charge on any atom is -0.382 e. The maximum Gasteiger partial charge on any atom is 0.267 e. The molecule has 3 aromatic rings. The van der Waals surface area contributed by atoms with Crippen LogP contribution >= 0.6 is 0 Å². The van der Waals surface area contributed by atoms with Crippen molar-refractivity contribution in [2.24, 2.45) is 5.16 Å². The standard InChI is InChI=1S/C23H21N3O2/c1-26(22(18-12-6-3-7-13-18)19-14-8-9-15-24-19)23(27)21-16-20(25-28-21)17-10-4-2-5-11-17/h2-15,21-22H,16H2,1H3. The second-order valence-electron chi connectivity index (χ2n) is 6.72. The van der Waals surface area contributed by atoms with Crippen LogP contribution in [0.25, 0.3) is 0 Å². The van der Waals surface area contributed by atoms with Crippen LogP contribution in [0.1, 0.15) is 29.3 Å². The fraction of sp³-hybridized carbons (Fsp3) is 0.174. The molecule has 140 valence electrons. The molecule has 1 amide bonds. The number of aromatic nitrogens is 1. The SMILES string of the molecule is CN(C(=O)C1CC(c2ccccc2)=NO1)C(c1ccccc1)c1ccccn1. The average Bonchev–Trinajstić information content (AvgIpc) is 3.26. The van der Waals surface area contributed by atoms with Crippen LogP contribution in [0, 0.1) is 0 Å². The molecule has 2 aromatic carbocycles. The van der Waals surface area contributed by atoms with Crippen molar-refractivity contribution in [1.29, 1.82) is 0 Å². The van der Waals surface area contributed by atoms with E-state index in [1.54, 1.807) is 18.1 Å². The predicted molar refractivity (Wildman–Crippen MR) is 108 cm³/mol. The summed E-state index contributed by atoms with van der Waals surface area (Å²) in [4.78, 5) is 24.9. The van der Waals surface area contributed by atoms with Gasteiger partial charge in [0.05, 0.1) is 17.4 Å². The highest BCUT2D eigenvalue weighted by molar-refractivity contribution is 6.04. The van der Waals surface area contributed by atoms with Gasteiger partial charge in [0.25, 0.3) is 5.91 Å². The van der Waals surface area contributed by atoms with Crippen LogP contribution < -0.4 is 0 Å². The van der Waals surface area contributed by atoms with Gasteiger partial charge >= 0.3 is 0 Å². The number of hydrogen-bond acceptors (Lipinski definition) is 4. The van der Waals surface area contributed by atoms with Gasteiger partial charge in [-0.15, -0.1) is 0 Å². The monoisotopic (exact) mass is 371 g/mol. The molecule has 0 radical (unpaired) electrons. The van der Waals surface area contributed by atoms with E-state index in [9.17, 15) is 4.79 Å². The molecule has 28 heavy (non-hydrogen) atoms. The Morgan fingerprint density at radius 2 is 1.68 bits per heavy atom. The Morgan fingerprint density at radius 1 is 1.00 bits per heavy atom. The number of hydrogen-bond donors (Lipinski definition) is 0. The van der Waals surface area contributed by atoms with E-state index in [1.807, 2.05) is 78.9 Å². The second kappa shape index (κ2) is 8.05. The maximum atomic E-state index is 13.2. The molecule has 5 nitrogen and oxygen atoms in total. The van der Waals surface area contributed by atoms with E-state index >= 15 is 0 Å². The fourth-order valence-electron chi connectivity index (χ4n) is 3.43. The predicted octanol–water partition coefficient (Wildman–Crippen LogP) is 3.82. The lowest BCUT2D eigenvalue weighted by atomic mass is 10.00. The Labute approximate surface area is 164 Å². The fourth-order valence-corrected chi connectivity index (χ4v) is 3.43. The lowest BCUT2D eigenvalue weighted by molar-refractivity contribution is -0.142. The highest BCUT2D eigenvalue weighted by Crippen LogP contribution is 2.28. The van der Waals surface area contributed by atoms with Crippen LogP contribution in [-0.4, -0.2) is 34.7 Å². The first-order chi connectivity index (χ1) is 13.7. The van der Waals surface area contributed by atoms with Crippen molar-refractivity contribution >= 4 is 11.6 Å². The molecule has 2 atom stereocenters. The molecule has 1 aliphatic heterocycles. The molecule has 0 spiro atoms. The number of pyridine rings is 1. The van der Waals surface area contributed by atoms with Crippen LogP contribution in [-0.2, 0) is 9.63 Å². The Morgan fingerprint density at radius 3 is 2.36 bits per heavy atom. The van der Waals surface area contributed by atoms with Crippen LogP contribution in [0.3, 0.4) is 0 Å². The third-order valence-electron chi connectivity index (χ3n) is 4.87. The Balaban J connectivity index is 1.56. The summed E-state index contributed by atoms with van der Waals surface area (Å²) in [5.74, 6) is -0.116. The number of carbonyl (C=O) groups excluding carboxylic acids is 1. The zero-order chi connectivity index (χ0) is 19.3. The number of oxime groups is 1. The number of amides is 1. The summed E-state index contributed by atoms with van der Waals surface area (Å²) in [5.41, 5.74) is 3.58. The van der Waals surface area contributed by atoms with Crippen molar-refractivity contribution in [1.82, 2.24) is 9.88 Å². The molecule has 0 fully saturated rings. The third-order valence-corrected chi connectivity index (χ3v) is 4.87. The highest BCUT2D eigenvalue weighted by Gasteiger charge is 2.35. The molecule has 0 bridgehead atoms. The van der Waals surface area contributed by atoms with E-state index < -0.39 is 6.10 Å². The topological polar surface area (TPSA) is 54.8 Å². The van der Waals surface area contributed by atoms with E-state index in [0.717, 1.165) is 22.5 Å². The first-order valence-electron chi connectivity index (χ1n) is 9.24. The molecule has 5 heteroatoms. The average molecular weight is 371 g/mol. The van der Waals surface area contributed by atoms with Crippen LogP contribution in [0.5, 0.6) is 0 Å². The van der Waals surface area contributed by atoms with Crippen molar-refractivity contribution in [2.75, 3.05) is 7.05 Å². The van der Waals surface area contributed by atoms with Gasteiger partial charge in [-0.2, -0.15) is 0 Å². The van der Waals surface area contributed by atoms with E-state index in [2.05, 4.69) is 10.1 Å². The molecule has 0 aliphatic carbocycles. The van der Waals surface area contributed by atoms with E-state index in [4.69, 9.17) is 4.84 Å². The van der Waals surface area contributed by atoms with Crippen LogP contribution in [0.4, 0.5) is 0 Å². The van der Waals surface area contributed by atoms with Gasteiger partial charge in [-0.1, -0.05) is 71.9 Å². The van der Waals surface area contributed by atoms with Crippen molar-refractivity contribution < 1.29 is 9.63 Å². The number of rotatable bonds is 5. The minimum absolute atomic E-state index is 0.116. The van der Waals surface area contributed by atoms with Crippen LogP contribution in [0.15, 0.2) is 90.2 Å². The van der Waals surface area contributed by atoms with Gasteiger partial charge in [-0.05, 0) is 23.3 Å².